The highest BCUT2D eigenvalue weighted by Crippen LogP contribution is 2.33. The number of piperidine rings is 1. The lowest BCUT2D eigenvalue weighted by Crippen LogP contribution is -2.32. The highest BCUT2D eigenvalue weighted by Gasteiger charge is 2.21. The van der Waals surface area contributed by atoms with Crippen LogP contribution in [-0.2, 0) is 0 Å². The predicted molar refractivity (Wildman–Crippen MR) is 55.7 cm³/mol. The zero-order valence-corrected chi connectivity index (χ0v) is 8.54. The van der Waals surface area contributed by atoms with Crippen LogP contribution in [0.3, 0.4) is 0 Å². The van der Waals surface area contributed by atoms with E-state index in [2.05, 4.69) is 17.1 Å². The van der Waals surface area contributed by atoms with Crippen molar-refractivity contribution in [3.8, 4) is 0 Å². The molecule has 2 rings (SSSR count). The van der Waals surface area contributed by atoms with Crippen LogP contribution in [0.25, 0.3) is 0 Å². The van der Waals surface area contributed by atoms with Gasteiger partial charge in [-0.2, -0.15) is 11.8 Å². The Morgan fingerprint density at radius 3 is 2.33 bits per heavy atom. The molecule has 2 aliphatic rings. The molecular weight excluding hydrogens is 166 g/mol. The summed E-state index contributed by atoms with van der Waals surface area (Å²) in [6.45, 7) is 2.52. The molecular formula is C10H19NS. The van der Waals surface area contributed by atoms with E-state index >= 15 is 0 Å². The molecule has 1 aliphatic heterocycles. The van der Waals surface area contributed by atoms with Gasteiger partial charge in [-0.25, -0.2) is 0 Å². The van der Waals surface area contributed by atoms with Gasteiger partial charge in [0.2, 0.25) is 0 Å². The van der Waals surface area contributed by atoms with Crippen molar-refractivity contribution in [1.29, 1.82) is 0 Å². The zero-order valence-electron chi connectivity index (χ0n) is 7.72. The van der Waals surface area contributed by atoms with E-state index in [1.54, 1.807) is 0 Å². The Labute approximate surface area is 79.7 Å². The van der Waals surface area contributed by atoms with E-state index in [1.165, 1.54) is 51.6 Å². The first kappa shape index (κ1) is 8.89. The largest absolute Gasteiger partial charge is 0.316 e. The van der Waals surface area contributed by atoms with Crippen LogP contribution < -0.4 is 5.32 Å². The van der Waals surface area contributed by atoms with E-state index in [9.17, 15) is 0 Å². The van der Waals surface area contributed by atoms with Gasteiger partial charge >= 0.3 is 0 Å². The molecule has 1 heterocycles. The average molecular weight is 185 g/mol. The number of hydrogen-bond donors (Lipinski definition) is 1. The lowest BCUT2D eigenvalue weighted by molar-refractivity contribution is 0.530. The Bertz CT molecular complexity index is 126. The normalized spacial score (nSPS) is 32.5. The topological polar surface area (TPSA) is 12.0 Å². The van der Waals surface area contributed by atoms with Gasteiger partial charge in [-0.15, -0.1) is 0 Å². The monoisotopic (exact) mass is 185 g/mol. The summed E-state index contributed by atoms with van der Waals surface area (Å²) < 4.78 is 0. The summed E-state index contributed by atoms with van der Waals surface area (Å²) in [5.41, 5.74) is 0. The minimum atomic E-state index is 0.932. The van der Waals surface area contributed by atoms with Gasteiger partial charge in [0, 0.05) is 17.0 Å². The minimum absolute atomic E-state index is 0.932. The minimum Gasteiger partial charge on any atom is -0.316 e. The maximum Gasteiger partial charge on any atom is 0.0175 e. The number of nitrogens with one attached hydrogen (secondary N) is 1. The fourth-order valence-corrected chi connectivity index (χ4v) is 3.90. The molecule has 1 N–H and O–H groups in total. The summed E-state index contributed by atoms with van der Waals surface area (Å²) in [5, 5.41) is 5.43. The molecule has 1 unspecified atom stereocenters. The first-order valence-corrected chi connectivity index (χ1v) is 6.25. The van der Waals surface area contributed by atoms with Crippen molar-refractivity contribution in [2.45, 2.75) is 49.0 Å². The van der Waals surface area contributed by atoms with Crippen LogP contribution in [0.5, 0.6) is 0 Å². The van der Waals surface area contributed by atoms with Crippen molar-refractivity contribution in [1.82, 2.24) is 5.32 Å². The van der Waals surface area contributed by atoms with Crippen LogP contribution >= 0.6 is 11.8 Å². The Morgan fingerprint density at radius 2 is 1.67 bits per heavy atom. The number of thioether (sulfide) groups is 1. The van der Waals surface area contributed by atoms with Gasteiger partial charge in [0.15, 0.2) is 0 Å². The van der Waals surface area contributed by atoms with Crippen LogP contribution in [0, 0.1) is 0 Å². The molecule has 0 spiro atoms. The predicted octanol–water partition coefficient (Wildman–Crippen LogP) is 2.41. The third-order valence-corrected chi connectivity index (χ3v) is 4.58. The number of hydrogen-bond acceptors (Lipinski definition) is 2. The summed E-state index contributed by atoms with van der Waals surface area (Å²) in [7, 11) is 0. The van der Waals surface area contributed by atoms with Gasteiger partial charge < -0.3 is 5.32 Å². The molecule has 0 bridgehead atoms. The highest BCUT2D eigenvalue weighted by atomic mass is 32.2. The highest BCUT2D eigenvalue weighted by molar-refractivity contribution is 8.00. The summed E-state index contributed by atoms with van der Waals surface area (Å²) in [6, 6.07) is 0. The first-order valence-electron chi connectivity index (χ1n) is 5.31. The summed E-state index contributed by atoms with van der Waals surface area (Å²) in [4.78, 5) is 0. The van der Waals surface area contributed by atoms with E-state index in [-0.39, 0.29) is 0 Å². The molecule has 1 atom stereocenters. The lowest BCUT2D eigenvalue weighted by Gasteiger charge is -2.24. The molecule has 0 amide bonds. The van der Waals surface area contributed by atoms with Gasteiger partial charge in [0.25, 0.3) is 0 Å². The van der Waals surface area contributed by atoms with Crippen LogP contribution in [0.4, 0.5) is 0 Å². The summed E-state index contributed by atoms with van der Waals surface area (Å²) in [6.07, 6.45) is 8.79. The van der Waals surface area contributed by atoms with Crippen LogP contribution in [0.1, 0.15) is 38.5 Å². The SMILES string of the molecule is C1CCC(SC2CCCNC2)C1. The Morgan fingerprint density at radius 1 is 0.917 bits per heavy atom. The van der Waals surface area contributed by atoms with Crippen molar-refractivity contribution in [2.75, 3.05) is 13.1 Å². The van der Waals surface area contributed by atoms with Crippen molar-refractivity contribution < 1.29 is 0 Å². The molecule has 1 saturated heterocycles. The molecule has 2 fully saturated rings. The molecule has 1 aliphatic carbocycles. The summed E-state index contributed by atoms with van der Waals surface area (Å²) >= 11 is 2.27. The van der Waals surface area contributed by atoms with E-state index in [0.29, 0.717) is 0 Å². The second-order valence-corrected chi connectivity index (χ2v) is 5.62. The number of rotatable bonds is 2. The quantitative estimate of drug-likeness (QED) is 0.709. The molecule has 12 heavy (non-hydrogen) atoms. The molecule has 1 nitrogen and oxygen atoms in total. The van der Waals surface area contributed by atoms with E-state index in [1.807, 2.05) is 0 Å². The van der Waals surface area contributed by atoms with Gasteiger partial charge in [-0.05, 0) is 32.2 Å². The van der Waals surface area contributed by atoms with E-state index in [4.69, 9.17) is 0 Å². The maximum absolute atomic E-state index is 3.49. The van der Waals surface area contributed by atoms with Crippen LogP contribution in [-0.4, -0.2) is 23.6 Å². The van der Waals surface area contributed by atoms with Crippen LogP contribution in [0.2, 0.25) is 0 Å². The molecule has 0 aromatic heterocycles. The Hall–Kier alpha value is 0.310. The van der Waals surface area contributed by atoms with E-state index < -0.39 is 0 Å². The van der Waals surface area contributed by atoms with Crippen molar-refractivity contribution >= 4 is 11.8 Å². The lowest BCUT2D eigenvalue weighted by atomic mass is 10.2. The fourth-order valence-electron chi connectivity index (χ4n) is 2.23. The Balaban J connectivity index is 1.69. The van der Waals surface area contributed by atoms with Gasteiger partial charge in [0.1, 0.15) is 0 Å². The van der Waals surface area contributed by atoms with Gasteiger partial charge in [0.05, 0.1) is 0 Å². The van der Waals surface area contributed by atoms with Gasteiger partial charge in [-0.3, -0.25) is 0 Å². The second kappa shape index (κ2) is 4.52. The maximum atomic E-state index is 3.49. The molecule has 0 aromatic rings. The smallest absolute Gasteiger partial charge is 0.0175 e. The molecule has 70 valence electrons. The summed E-state index contributed by atoms with van der Waals surface area (Å²) in [5.74, 6) is 0. The van der Waals surface area contributed by atoms with Gasteiger partial charge in [-0.1, -0.05) is 12.8 Å². The second-order valence-electron chi connectivity index (χ2n) is 4.01. The van der Waals surface area contributed by atoms with Crippen LogP contribution in [0.15, 0.2) is 0 Å². The molecule has 1 saturated carbocycles. The average Bonchev–Trinajstić information content (AvgIpc) is 2.59. The Kier molecular flexibility index (Phi) is 3.35. The zero-order chi connectivity index (χ0) is 8.23. The first-order chi connectivity index (χ1) is 5.95. The molecule has 0 aromatic carbocycles. The third kappa shape index (κ3) is 2.40. The third-order valence-electron chi connectivity index (χ3n) is 2.94. The van der Waals surface area contributed by atoms with Crippen molar-refractivity contribution in [3.63, 3.8) is 0 Å². The fraction of sp³-hybridized carbons (Fsp3) is 1.00. The molecule has 0 radical (unpaired) electrons. The molecule has 2 heteroatoms. The standard InChI is InChI=1S/C10H19NS/c1-2-5-9(4-1)12-10-6-3-7-11-8-10/h9-11H,1-8H2. The van der Waals surface area contributed by atoms with Crippen molar-refractivity contribution in [2.24, 2.45) is 0 Å². The van der Waals surface area contributed by atoms with Crippen molar-refractivity contribution in [3.05, 3.63) is 0 Å². The van der Waals surface area contributed by atoms with E-state index in [0.717, 1.165) is 10.5 Å².